The highest BCUT2D eigenvalue weighted by molar-refractivity contribution is 6.32. The van der Waals surface area contributed by atoms with Crippen molar-refractivity contribution in [2.24, 2.45) is 0 Å². The second-order valence-corrected chi connectivity index (χ2v) is 6.74. The first-order valence-corrected chi connectivity index (χ1v) is 6.93. The number of halogens is 1. The maximum absolute atomic E-state index is 11.0. The first-order valence-electron chi connectivity index (χ1n) is 6.55. The van der Waals surface area contributed by atoms with Gasteiger partial charge in [0.25, 0.3) is 0 Å². The summed E-state index contributed by atoms with van der Waals surface area (Å²) in [5, 5.41) is 9.64. The molecule has 0 spiro atoms. The minimum absolute atomic E-state index is 0.187. The Labute approximate surface area is 117 Å². The minimum atomic E-state index is -0.745. The normalized spacial score (nSPS) is 21.6. The van der Waals surface area contributed by atoms with Crippen LogP contribution in [0.3, 0.4) is 0 Å². The van der Waals surface area contributed by atoms with Crippen LogP contribution in [0.5, 0.6) is 5.75 Å². The summed E-state index contributed by atoms with van der Waals surface area (Å²) in [4.78, 5) is 11.0. The van der Waals surface area contributed by atoms with Crippen LogP contribution in [-0.4, -0.2) is 16.7 Å². The van der Waals surface area contributed by atoms with Crippen LogP contribution in [0.15, 0.2) is 12.1 Å². The van der Waals surface area contributed by atoms with Crippen LogP contribution in [0, 0.1) is 0 Å². The Kier molecular flexibility index (Phi) is 2.62. The van der Waals surface area contributed by atoms with Crippen molar-refractivity contribution < 1.29 is 14.6 Å². The highest BCUT2D eigenvalue weighted by Gasteiger charge is 2.47. The van der Waals surface area contributed by atoms with E-state index in [9.17, 15) is 4.79 Å². The molecule has 0 bridgehead atoms. The summed E-state index contributed by atoms with van der Waals surface area (Å²) < 4.78 is 5.85. The van der Waals surface area contributed by atoms with E-state index < -0.39 is 5.97 Å². The van der Waals surface area contributed by atoms with E-state index in [0.29, 0.717) is 5.02 Å². The van der Waals surface area contributed by atoms with Crippen molar-refractivity contribution in [3.63, 3.8) is 0 Å². The molecule has 102 valence electrons. The largest absolute Gasteiger partial charge is 0.486 e. The summed E-state index contributed by atoms with van der Waals surface area (Å²) in [5.41, 5.74) is 1.73. The molecule has 0 unspecified atom stereocenters. The molecule has 1 aliphatic heterocycles. The Balaban J connectivity index is 1.99. The smallest absolute Gasteiger partial charge is 0.304 e. The number of hydrogen-bond donors (Lipinski definition) is 1. The van der Waals surface area contributed by atoms with Gasteiger partial charge in [-0.15, -0.1) is 0 Å². The molecule has 3 nitrogen and oxygen atoms in total. The third-order valence-electron chi connectivity index (χ3n) is 4.07. The fourth-order valence-corrected chi connectivity index (χ4v) is 3.26. The van der Waals surface area contributed by atoms with Crippen LogP contribution < -0.4 is 4.74 Å². The molecule has 1 fully saturated rings. The maximum Gasteiger partial charge on any atom is 0.304 e. The van der Waals surface area contributed by atoms with Crippen LogP contribution in [0.4, 0.5) is 0 Å². The van der Waals surface area contributed by atoms with Crippen molar-refractivity contribution in [3.05, 3.63) is 28.3 Å². The van der Waals surface area contributed by atoms with Gasteiger partial charge in [0.2, 0.25) is 0 Å². The molecule has 19 heavy (non-hydrogen) atoms. The summed E-state index contributed by atoms with van der Waals surface area (Å²) in [6.45, 7) is 4.07. The van der Waals surface area contributed by atoms with Crippen molar-refractivity contribution >= 4 is 17.6 Å². The lowest BCUT2D eigenvalue weighted by Gasteiger charge is -2.17. The molecule has 1 aliphatic carbocycles. The van der Waals surface area contributed by atoms with Gasteiger partial charge < -0.3 is 9.84 Å². The molecule has 1 heterocycles. The zero-order valence-electron chi connectivity index (χ0n) is 11.1. The Hall–Kier alpha value is -1.22. The van der Waals surface area contributed by atoms with E-state index in [0.717, 1.165) is 36.1 Å². The first-order chi connectivity index (χ1) is 8.81. The Bertz CT molecular complexity index is 559. The van der Waals surface area contributed by atoms with Crippen LogP contribution in [0.2, 0.25) is 5.02 Å². The topological polar surface area (TPSA) is 46.5 Å². The molecule has 0 radical (unpaired) electrons. The van der Waals surface area contributed by atoms with E-state index in [1.807, 2.05) is 19.9 Å². The number of carbonyl (C=O) groups is 1. The predicted octanol–water partition coefficient (Wildman–Crippen LogP) is 3.56. The minimum Gasteiger partial charge on any atom is -0.486 e. The monoisotopic (exact) mass is 280 g/mol. The molecule has 1 aromatic rings. The molecule has 0 amide bonds. The van der Waals surface area contributed by atoms with Crippen LogP contribution in [0.25, 0.3) is 0 Å². The van der Waals surface area contributed by atoms with E-state index in [4.69, 9.17) is 21.4 Å². The Morgan fingerprint density at radius 2 is 2.11 bits per heavy atom. The van der Waals surface area contributed by atoms with Crippen molar-refractivity contribution in [2.45, 2.75) is 50.5 Å². The van der Waals surface area contributed by atoms with Gasteiger partial charge in [0.1, 0.15) is 11.4 Å². The van der Waals surface area contributed by atoms with Crippen molar-refractivity contribution in [3.8, 4) is 5.75 Å². The fourth-order valence-electron chi connectivity index (χ4n) is 2.98. The molecule has 4 heteroatoms. The average Bonchev–Trinajstić information content (AvgIpc) is 2.95. The van der Waals surface area contributed by atoms with Gasteiger partial charge >= 0.3 is 5.97 Å². The third kappa shape index (κ3) is 2.20. The van der Waals surface area contributed by atoms with E-state index in [1.165, 1.54) is 0 Å². The van der Waals surface area contributed by atoms with Crippen LogP contribution >= 0.6 is 11.6 Å². The summed E-state index contributed by atoms with van der Waals surface area (Å²) >= 11 is 6.30. The molecule has 0 aromatic heterocycles. The Morgan fingerprint density at radius 1 is 1.42 bits per heavy atom. The van der Waals surface area contributed by atoms with Gasteiger partial charge in [-0.2, -0.15) is 0 Å². The van der Waals surface area contributed by atoms with E-state index in [-0.39, 0.29) is 17.4 Å². The number of fused-ring (bicyclic) bond motifs is 1. The molecular weight excluding hydrogens is 264 g/mol. The number of carboxylic acid groups (broad SMARTS) is 1. The lowest BCUT2D eigenvalue weighted by molar-refractivity contribution is -0.137. The summed E-state index contributed by atoms with van der Waals surface area (Å²) in [6.07, 6.45) is 2.86. The zero-order valence-corrected chi connectivity index (χ0v) is 11.9. The molecule has 2 aliphatic rings. The number of ether oxygens (including phenoxy) is 1. The van der Waals surface area contributed by atoms with Gasteiger partial charge in [-0.25, -0.2) is 0 Å². The highest BCUT2D eigenvalue weighted by Crippen LogP contribution is 2.53. The maximum atomic E-state index is 11.0. The summed E-state index contributed by atoms with van der Waals surface area (Å²) in [6, 6.07) is 3.98. The quantitative estimate of drug-likeness (QED) is 0.921. The second-order valence-electron chi connectivity index (χ2n) is 6.34. The predicted molar refractivity (Wildman–Crippen MR) is 73.0 cm³/mol. The Morgan fingerprint density at radius 3 is 2.68 bits per heavy atom. The molecule has 0 saturated heterocycles. The first kappa shape index (κ1) is 12.8. The lowest BCUT2D eigenvalue weighted by Crippen LogP contribution is -2.24. The zero-order chi connectivity index (χ0) is 13.8. The molecule has 3 rings (SSSR count). The van der Waals surface area contributed by atoms with Crippen molar-refractivity contribution in [2.75, 3.05) is 0 Å². The van der Waals surface area contributed by atoms with Gasteiger partial charge in [0, 0.05) is 11.8 Å². The van der Waals surface area contributed by atoms with E-state index in [1.54, 1.807) is 0 Å². The molecule has 1 saturated carbocycles. The van der Waals surface area contributed by atoms with Gasteiger partial charge in [-0.3, -0.25) is 4.79 Å². The number of aliphatic carboxylic acids is 1. The number of carboxylic acids is 1. The van der Waals surface area contributed by atoms with E-state index >= 15 is 0 Å². The number of benzene rings is 1. The van der Waals surface area contributed by atoms with Gasteiger partial charge in [0.05, 0.1) is 11.4 Å². The summed E-state index contributed by atoms with van der Waals surface area (Å²) in [7, 11) is 0. The average molecular weight is 281 g/mol. The number of rotatable bonds is 3. The molecule has 1 aromatic carbocycles. The lowest BCUT2D eigenvalue weighted by atomic mass is 9.89. The van der Waals surface area contributed by atoms with Crippen molar-refractivity contribution in [1.29, 1.82) is 0 Å². The molecular formula is C15H17ClO3. The third-order valence-corrected chi connectivity index (χ3v) is 4.35. The summed E-state index contributed by atoms with van der Waals surface area (Å²) in [5.74, 6) is 0.0206. The van der Waals surface area contributed by atoms with Crippen LogP contribution in [-0.2, 0) is 16.6 Å². The van der Waals surface area contributed by atoms with Crippen LogP contribution in [0.1, 0.15) is 44.2 Å². The molecule has 1 N–H and O–H groups in total. The highest BCUT2D eigenvalue weighted by atomic mass is 35.5. The van der Waals surface area contributed by atoms with Gasteiger partial charge in [0.15, 0.2) is 0 Å². The second kappa shape index (κ2) is 3.89. The molecule has 0 atom stereocenters. The number of hydrogen-bond acceptors (Lipinski definition) is 2. The van der Waals surface area contributed by atoms with E-state index in [2.05, 4.69) is 6.07 Å². The van der Waals surface area contributed by atoms with Crippen molar-refractivity contribution in [1.82, 2.24) is 0 Å². The van der Waals surface area contributed by atoms with Gasteiger partial charge in [-0.1, -0.05) is 17.7 Å². The SMILES string of the molecule is CC1(C)Cc2cc(C3(CC(=O)O)CC3)cc(Cl)c2O1. The standard InChI is InChI=1S/C15H17ClO3/c1-14(2)7-9-5-10(6-11(16)13(9)19-14)15(3-4-15)8-12(17)18/h5-6H,3-4,7-8H2,1-2H3,(H,17,18). The fraction of sp³-hybridized carbons (Fsp3) is 0.533. The van der Waals surface area contributed by atoms with Gasteiger partial charge in [-0.05, 0) is 43.9 Å².